The van der Waals surface area contributed by atoms with Crippen LogP contribution in [0.1, 0.15) is 11.1 Å². The second-order valence-corrected chi connectivity index (χ2v) is 4.96. The zero-order valence-corrected chi connectivity index (χ0v) is 9.84. The van der Waals surface area contributed by atoms with E-state index in [2.05, 4.69) is 15.9 Å². The van der Waals surface area contributed by atoms with E-state index in [9.17, 15) is 16.7 Å². The molecular formula is C8H7BrF2O2S. The molecule has 14 heavy (non-hydrogen) atoms. The van der Waals surface area contributed by atoms with E-state index in [0.717, 1.165) is 6.07 Å². The van der Waals surface area contributed by atoms with Crippen molar-refractivity contribution in [2.75, 3.05) is 0 Å². The molecule has 0 aliphatic heterocycles. The Kier molecular flexibility index (Phi) is 2.96. The van der Waals surface area contributed by atoms with Crippen LogP contribution in [-0.4, -0.2) is 8.42 Å². The maximum atomic E-state index is 13.1. The molecule has 0 amide bonds. The molecule has 0 heterocycles. The van der Waals surface area contributed by atoms with Crippen LogP contribution >= 0.6 is 15.9 Å². The summed E-state index contributed by atoms with van der Waals surface area (Å²) in [5.74, 6) is -1.06. The summed E-state index contributed by atoms with van der Waals surface area (Å²) in [6.45, 7) is 2.93. The van der Waals surface area contributed by atoms with Crippen LogP contribution in [0.2, 0.25) is 0 Å². The second-order valence-electron chi connectivity index (χ2n) is 2.88. The van der Waals surface area contributed by atoms with Crippen molar-refractivity contribution in [3.63, 3.8) is 0 Å². The Morgan fingerprint density at radius 3 is 2.29 bits per heavy atom. The molecule has 0 aromatic heterocycles. The summed E-state index contributed by atoms with van der Waals surface area (Å²) in [4.78, 5) is -0.894. The lowest BCUT2D eigenvalue weighted by Crippen LogP contribution is -2.02. The van der Waals surface area contributed by atoms with Crippen molar-refractivity contribution in [3.8, 4) is 0 Å². The summed E-state index contributed by atoms with van der Waals surface area (Å²) in [6, 6.07) is 0.976. The van der Waals surface area contributed by atoms with Gasteiger partial charge in [-0.05, 0) is 31.0 Å². The van der Waals surface area contributed by atoms with E-state index in [-0.39, 0.29) is 5.56 Å². The van der Waals surface area contributed by atoms with Gasteiger partial charge in [-0.3, -0.25) is 0 Å². The van der Waals surface area contributed by atoms with Crippen LogP contribution in [0.3, 0.4) is 0 Å². The highest BCUT2D eigenvalue weighted by atomic mass is 79.9. The van der Waals surface area contributed by atoms with E-state index in [1.165, 1.54) is 6.92 Å². The first-order valence-electron chi connectivity index (χ1n) is 3.65. The summed E-state index contributed by atoms with van der Waals surface area (Å²) in [5.41, 5.74) is 0.567. The Labute approximate surface area is 89.3 Å². The van der Waals surface area contributed by atoms with Crippen LogP contribution in [0.4, 0.5) is 8.28 Å². The van der Waals surface area contributed by atoms with E-state index in [0.29, 0.717) is 10.0 Å². The maximum Gasteiger partial charge on any atom is 0.335 e. The van der Waals surface area contributed by atoms with Crippen molar-refractivity contribution >= 4 is 26.2 Å². The van der Waals surface area contributed by atoms with Gasteiger partial charge >= 0.3 is 10.2 Å². The monoisotopic (exact) mass is 284 g/mol. The van der Waals surface area contributed by atoms with Crippen molar-refractivity contribution in [2.45, 2.75) is 18.7 Å². The van der Waals surface area contributed by atoms with Gasteiger partial charge in [-0.15, -0.1) is 3.89 Å². The number of hydrogen-bond donors (Lipinski definition) is 0. The largest absolute Gasteiger partial charge is 0.335 e. The molecule has 1 aromatic carbocycles. The van der Waals surface area contributed by atoms with Crippen molar-refractivity contribution in [1.82, 2.24) is 0 Å². The molecule has 2 nitrogen and oxygen atoms in total. The van der Waals surface area contributed by atoms with Gasteiger partial charge in [-0.1, -0.05) is 15.9 Å². The van der Waals surface area contributed by atoms with E-state index in [1.807, 2.05) is 0 Å². The fourth-order valence-electron chi connectivity index (χ4n) is 1.19. The molecular weight excluding hydrogens is 278 g/mol. The van der Waals surface area contributed by atoms with Crippen molar-refractivity contribution < 1.29 is 16.7 Å². The minimum atomic E-state index is -5.01. The van der Waals surface area contributed by atoms with Crippen LogP contribution in [0.25, 0.3) is 0 Å². The van der Waals surface area contributed by atoms with Crippen LogP contribution in [0.15, 0.2) is 15.4 Å². The van der Waals surface area contributed by atoms with Crippen molar-refractivity contribution in [3.05, 3.63) is 27.5 Å². The second kappa shape index (κ2) is 3.58. The quantitative estimate of drug-likeness (QED) is 0.743. The van der Waals surface area contributed by atoms with E-state index in [4.69, 9.17) is 0 Å². The Bertz CT molecular complexity index is 483. The van der Waals surface area contributed by atoms with Crippen LogP contribution in [-0.2, 0) is 10.2 Å². The standard InChI is InChI=1S/C8H7BrF2O2S/c1-4-3-6(10)8(14(11,12)13)5(2)7(4)9/h3H,1-2H3. The molecule has 0 saturated carbocycles. The van der Waals surface area contributed by atoms with Crippen LogP contribution < -0.4 is 0 Å². The molecule has 0 saturated heterocycles. The third-order valence-corrected chi connectivity index (χ3v) is 4.03. The highest BCUT2D eigenvalue weighted by molar-refractivity contribution is 9.10. The van der Waals surface area contributed by atoms with Crippen LogP contribution in [0, 0.1) is 19.7 Å². The fourth-order valence-corrected chi connectivity index (χ4v) is 2.40. The third kappa shape index (κ3) is 1.95. The summed E-state index contributed by atoms with van der Waals surface area (Å²) in [5, 5.41) is 0. The molecule has 0 fully saturated rings. The average Bonchev–Trinajstić information content (AvgIpc) is 1.97. The van der Waals surface area contributed by atoms with Gasteiger partial charge in [0.25, 0.3) is 0 Å². The number of hydrogen-bond acceptors (Lipinski definition) is 2. The zero-order valence-electron chi connectivity index (χ0n) is 7.44. The molecule has 0 spiro atoms. The van der Waals surface area contributed by atoms with Crippen LogP contribution in [0.5, 0.6) is 0 Å². The van der Waals surface area contributed by atoms with Gasteiger partial charge in [0.1, 0.15) is 10.7 Å². The summed E-state index contributed by atoms with van der Waals surface area (Å²) in [6.07, 6.45) is 0. The SMILES string of the molecule is Cc1cc(F)c(S(=O)(=O)F)c(C)c1Br. The molecule has 1 aromatic rings. The van der Waals surface area contributed by atoms with Gasteiger partial charge in [0.15, 0.2) is 0 Å². The first-order chi connectivity index (χ1) is 6.25. The van der Waals surface area contributed by atoms with Gasteiger partial charge in [0, 0.05) is 4.47 Å². The molecule has 0 unspecified atom stereocenters. The molecule has 0 aliphatic rings. The Hall–Kier alpha value is -0.490. The minimum Gasteiger partial charge on any atom is -0.205 e. The van der Waals surface area contributed by atoms with Gasteiger partial charge in [0.2, 0.25) is 0 Å². The Balaban J connectivity index is 3.70. The molecule has 1 rings (SSSR count). The molecule has 0 aliphatic carbocycles. The maximum absolute atomic E-state index is 13.1. The average molecular weight is 285 g/mol. The Morgan fingerprint density at radius 1 is 1.36 bits per heavy atom. The summed E-state index contributed by atoms with van der Waals surface area (Å²) < 4.78 is 47.4. The smallest absolute Gasteiger partial charge is 0.205 e. The lowest BCUT2D eigenvalue weighted by Gasteiger charge is -2.07. The van der Waals surface area contributed by atoms with Crippen molar-refractivity contribution in [1.29, 1.82) is 0 Å². The van der Waals surface area contributed by atoms with Gasteiger partial charge in [-0.2, -0.15) is 8.42 Å². The number of benzene rings is 1. The zero-order chi connectivity index (χ0) is 11.1. The molecule has 6 heteroatoms. The highest BCUT2D eigenvalue weighted by Crippen LogP contribution is 2.30. The van der Waals surface area contributed by atoms with Gasteiger partial charge < -0.3 is 0 Å². The van der Waals surface area contributed by atoms with E-state index in [1.54, 1.807) is 6.92 Å². The lowest BCUT2D eigenvalue weighted by molar-refractivity contribution is 0.531. The number of aryl methyl sites for hydroxylation is 1. The first-order valence-corrected chi connectivity index (χ1v) is 5.82. The molecule has 0 N–H and O–H groups in total. The van der Waals surface area contributed by atoms with E-state index >= 15 is 0 Å². The predicted molar refractivity (Wildman–Crippen MR) is 51.9 cm³/mol. The summed E-state index contributed by atoms with van der Waals surface area (Å²) >= 11 is 3.06. The molecule has 78 valence electrons. The minimum absolute atomic E-state index is 0.0463. The summed E-state index contributed by atoms with van der Waals surface area (Å²) in [7, 11) is -5.01. The molecule has 0 radical (unpaired) electrons. The number of halogens is 3. The van der Waals surface area contributed by atoms with Gasteiger partial charge in [0.05, 0.1) is 0 Å². The van der Waals surface area contributed by atoms with Gasteiger partial charge in [-0.25, -0.2) is 4.39 Å². The Morgan fingerprint density at radius 2 is 1.86 bits per heavy atom. The fraction of sp³-hybridized carbons (Fsp3) is 0.250. The van der Waals surface area contributed by atoms with E-state index < -0.39 is 20.9 Å². The predicted octanol–water partition coefficient (Wildman–Crippen LogP) is 2.86. The molecule has 0 bridgehead atoms. The normalized spacial score (nSPS) is 11.8. The number of rotatable bonds is 1. The first kappa shape index (κ1) is 11.6. The highest BCUT2D eigenvalue weighted by Gasteiger charge is 2.23. The van der Waals surface area contributed by atoms with Crippen molar-refractivity contribution in [2.24, 2.45) is 0 Å². The topological polar surface area (TPSA) is 34.1 Å². The molecule has 0 atom stereocenters. The lowest BCUT2D eigenvalue weighted by atomic mass is 10.1. The third-order valence-electron chi connectivity index (χ3n) is 1.82.